The Morgan fingerprint density at radius 3 is 1.75 bits per heavy atom. The van der Waals surface area contributed by atoms with E-state index < -0.39 is 0 Å². The third kappa shape index (κ3) is 9.10. The van der Waals surface area contributed by atoms with Crippen molar-refractivity contribution in [1.82, 2.24) is 19.1 Å². The van der Waals surface area contributed by atoms with Gasteiger partial charge in [0.05, 0.1) is 22.5 Å². The first kappa shape index (κ1) is 48.2. The monoisotopic (exact) mass is 1120 g/mol. The second-order valence-electron chi connectivity index (χ2n) is 21.6. The standard InChI is InChI=1S/C65H57N5O.Pt/c1-63(2,3)45-33-34-66-60(38-45)70-56-28-17-16-25-53(56)54-32-31-49(40-59(54)70)71-50-39-55(62-51(43-21-12-10-13-22-43)26-20-27-52(62)44-23-14-11-15-24-44)67-61(41-50)69-42-68(57-29-18-19-30-58(57)69)48-36-46(64(4,5)6)35-47(37-48)65(7,8)9;/h10-39H,1-9H3;/q-2;. The van der Waals surface area contributed by atoms with Crippen LogP contribution in [0.4, 0.5) is 0 Å². The van der Waals surface area contributed by atoms with Crippen molar-refractivity contribution < 1.29 is 30.4 Å². The Hall–Kier alpha value is -7.40. The Bertz CT molecular complexity index is 3700. The summed E-state index contributed by atoms with van der Waals surface area (Å²) in [5.41, 5.74) is 14.4. The largest absolute Gasteiger partial charge is 0.522 e. The summed E-state index contributed by atoms with van der Waals surface area (Å²) in [5, 5.41) is 2.17. The number of imidazole rings is 1. The molecule has 0 saturated carbocycles. The van der Waals surface area contributed by atoms with Crippen molar-refractivity contribution in [2.24, 2.45) is 0 Å². The van der Waals surface area contributed by atoms with Crippen LogP contribution < -0.4 is 9.30 Å². The van der Waals surface area contributed by atoms with E-state index in [1.54, 1.807) is 0 Å². The topological polar surface area (TPSA) is 48.8 Å². The molecular weight excluding hydrogens is 1060 g/mol. The quantitative estimate of drug-likeness (QED) is 0.113. The Kier molecular flexibility index (Phi) is 12.5. The molecule has 4 heterocycles. The van der Waals surface area contributed by atoms with Crippen LogP contribution in [0.1, 0.15) is 79.0 Å². The molecule has 72 heavy (non-hydrogen) atoms. The predicted octanol–water partition coefficient (Wildman–Crippen LogP) is 15.9. The Labute approximate surface area is 437 Å². The summed E-state index contributed by atoms with van der Waals surface area (Å²) < 4.78 is 13.4. The van der Waals surface area contributed by atoms with E-state index in [0.29, 0.717) is 17.3 Å². The number of hydrogen-bond donors (Lipinski definition) is 0. The minimum absolute atomic E-state index is 0. The first-order chi connectivity index (χ1) is 34.1. The molecular formula is C65H57N5OPt-2. The number of fused-ring (bicyclic) bond motifs is 4. The van der Waals surface area contributed by atoms with Crippen molar-refractivity contribution in [2.45, 2.75) is 78.6 Å². The van der Waals surface area contributed by atoms with Crippen molar-refractivity contribution >= 4 is 32.8 Å². The molecule has 0 aliphatic rings. The van der Waals surface area contributed by atoms with E-state index in [4.69, 9.17) is 14.7 Å². The van der Waals surface area contributed by atoms with E-state index >= 15 is 0 Å². The van der Waals surface area contributed by atoms with Gasteiger partial charge in [0.1, 0.15) is 5.82 Å². The average molecular weight is 1120 g/mol. The summed E-state index contributed by atoms with van der Waals surface area (Å²) in [4.78, 5) is 10.5. The summed E-state index contributed by atoms with van der Waals surface area (Å²) in [7, 11) is 0. The summed E-state index contributed by atoms with van der Waals surface area (Å²) in [5.74, 6) is 2.39. The molecule has 6 nitrogen and oxygen atoms in total. The van der Waals surface area contributed by atoms with Crippen LogP contribution in [0.5, 0.6) is 11.5 Å². The van der Waals surface area contributed by atoms with E-state index in [1.807, 2.05) is 22.9 Å². The minimum atomic E-state index is -0.0746. The van der Waals surface area contributed by atoms with Crippen LogP contribution in [0, 0.1) is 18.5 Å². The van der Waals surface area contributed by atoms with Crippen LogP contribution in [0.2, 0.25) is 0 Å². The third-order valence-electron chi connectivity index (χ3n) is 13.5. The van der Waals surface area contributed by atoms with Gasteiger partial charge in [-0.2, -0.15) is 12.1 Å². The summed E-state index contributed by atoms with van der Waals surface area (Å²) in [6.45, 7) is 20.3. The number of benzene rings is 7. The van der Waals surface area contributed by atoms with Crippen molar-refractivity contribution in [1.29, 1.82) is 0 Å². The zero-order valence-electron chi connectivity index (χ0n) is 42.3. The van der Waals surface area contributed by atoms with Gasteiger partial charge in [-0.15, -0.1) is 23.6 Å². The molecule has 7 aromatic carbocycles. The molecule has 11 rings (SSSR count). The van der Waals surface area contributed by atoms with Crippen LogP contribution >= 0.6 is 0 Å². The van der Waals surface area contributed by atoms with Crippen LogP contribution in [-0.4, -0.2) is 19.1 Å². The fourth-order valence-electron chi connectivity index (χ4n) is 9.59. The van der Waals surface area contributed by atoms with E-state index in [-0.39, 0.29) is 37.3 Å². The first-order valence-corrected chi connectivity index (χ1v) is 24.5. The molecule has 0 saturated heterocycles. The summed E-state index contributed by atoms with van der Waals surface area (Å²) in [6, 6.07) is 69.2. The zero-order valence-corrected chi connectivity index (χ0v) is 44.6. The minimum Gasteiger partial charge on any atom is -0.522 e. The molecule has 0 aliphatic heterocycles. The molecule has 0 radical (unpaired) electrons. The van der Waals surface area contributed by atoms with Gasteiger partial charge >= 0.3 is 0 Å². The Balaban J connectivity index is 0.00000596. The zero-order chi connectivity index (χ0) is 49.2. The Morgan fingerprint density at radius 2 is 1.11 bits per heavy atom. The second kappa shape index (κ2) is 18.6. The number of nitrogens with zero attached hydrogens (tertiary/aromatic N) is 5. The summed E-state index contributed by atoms with van der Waals surface area (Å²) >= 11 is 0. The number of para-hydroxylation sites is 3. The second-order valence-corrected chi connectivity index (χ2v) is 21.6. The number of aromatic nitrogens is 5. The van der Waals surface area contributed by atoms with Gasteiger partial charge in [-0.1, -0.05) is 195 Å². The van der Waals surface area contributed by atoms with Gasteiger partial charge in [0, 0.05) is 38.5 Å². The van der Waals surface area contributed by atoms with Crippen molar-refractivity contribution in [3.05, 3.63) is 217 Å². The number of rotatable bonds is 8. The van der Waals surface area contributed by atoms with Gasteiger partial charge in [-0.3, -0.25) is 14.1 Å². The molecule has 0 atom stereocenters. The van der Waals surface area contributed by atoms with Crippen molar-refractivity contribution in [3.8, 4) is 62.3 Å². The molecule has 0 N–H and O–H groups in total. The average Bonchev–Trinajstić information content (AvgIpc) is 3.92. The molecule has 0 unspecified atom stereocenters. The van der Waals surface area contributed by atoms with Gasteiger partial charge in [0.2, 0.25) is 0 Å². The molecule has 0 amide bonds. The van der Waals surface area contributed by atoms with Gasteiger partial charge in [-0.25, -0.2) is 4.98 Å². The molecule has 7 heteroatoms. The molecule has 360 valence electrons. The fraction of sp³-hybridized carbons (Fsp3) is 0.185. The van der Waals surface area contributed by atoms with Crippen molar-refractivity contribution in [2.75, 3.05) is 0 Å². The number of hydrogen-bond acceptors (Lipinski definition) is 3. The van der Waals surface area contributed by atoms with Gasteiger partial charge in [-0.05, 0) is 108 Å². The molecule has 0 aliphatic carbocycles. The van der Waals surface area contributed by atoms with E-state index in [2.05, 4.69) is 254 Å². The Morgan fingerprint density at radius 1 is 0.514 bits per heavy atom. The predicted molar refractivity (Wildman–Crippen MR) is 290 cm³/mol. The number of ether oxygens (including phenoxy) is 1. The molecule has 0 bridgehead atoms. The molecule has 11 aromatic rings. The van der Waals surface area contributed by atoms with E-state index in [9.17, 15) is 0 Å². The molecule has 0 fully saturated rings. The van der Waals surface area contributed by atoms with Gasteiger partial charge in [0.15, 0.2) is 0 Å². The maximum absolute atomic E-state index is 7.06. The van der Waals surface area contributed by atoms with E-state index in [0.717, 1.165) is 77.9 Å². The normalized spacial score (nSPS) is 12.1. The SMILES string of the molecule is CC(C)(C)c1cc(-[n+]2[c-]n(-c3[c-]c(Oc4[c-]c5c(cc4)c4ccccc4n5-c4cc(C(C)(C)C)ccn4)cc(-c4c(-c5ccccc5)cccc4-c4ccccc4)n3)c3ccccc32)cc(C(C)(C)C)c1.[Pt]. The van der Waals surface area contributed by atoms with Crippen LogP contribution in [0.3, 0.4) is 0 Å². The first-order valence-electron chi connectivity index (χ1n) is 24.5. The number of pyridine rings is 2. The molecule has 0 spiro atoms. The summed E-state index contributed by atoms with van der Waals surface area (Å²) in [6.07, 6.45) is 5.69. The van der Waals surface area contributed by atoms with Crippen LogP contribution in [0.15, 0.2) is 182 Å². The smallest absolute Gasteiger partial charge is 0.269 e. The fourth-order valence-corrected chi connectivity index (χ4v) is 9.59. The van der Waals surface area contributed by atoms with Crippen LogP contribution in [-0.2, 0) is 37.3 Å². The van der Waals surface area contributed by atoms with Crippen molar-refractivity contribution in [3.63, 3.8) is 0 Å². The maximum Gasteiger partial charge on any atom is 0.269 e. The third-order valence-corrected chi connectivity index (χ3v) is 13.5. The van der Waals surface area contributed by atoms with Gasteiger partial charge in [0.25, 0.3) is 6.33 Å². The maximum atomic E-state index is 7.06. The van der Waals surface area contributed by atoms with E-state index in [1.165, 1.54) is 16.7 Å². The van der Waals surface area contributed by atoms with Crippen LogP contribution in [0.25, 0.3) is 83.7 Å². The van der Waals surface area contributed by atoms with Gasteiger partial charge < -0.3 is 9.30 Å². The molecule has 4 aromatic heterocycles.